The summed E-state index contributed by atoms with van der Waals surface area (Å²) in [4.78, 5) is 15.3. The first-order valence-electron chi connectivity index (χ1n) is 5.70. The summed E-state index contributed by atoms with van der Waals surface area (Å²) in [6.45, 7) is 0. The third kappa shape index (κ3) is 2.44. The van der Waals surface area contributed by atoms with Crippen molar-refractivity contribution in [3.63, 3.8) is 0 Å². The van der Waals surface area contributed by atoms with E-state index in [1.165, 1.54) is 31.1 Å². The van der Waals surface area contributed by atoms with Gasteiger partial charge in [0.25, 0.3) is 0 Å². The minimum atomic E-state index is -0.0837. The third-order valence-electron chi connectivity index (χ3n) is 3.40. The molecule has 0 N–H and O–H groups in total. The highest BCUT2D eigenvalue weighted by molar-refractivity contribution is 5.60. The van der Waals surface area contributed by atoms with E-state index in [2.05, 4.69) is 4.98 Å². The molecule has 80 valence electrons. The van der Waals surface area contributed by atoms with Crippen molar-refractivity contribution in [1.29, 1.82) is 0 Å². The number of nitrogens with zero attached hydrogens (tertiary/aromatic N) is 1. The molecule has 0 radical (unpaired) electrons. The average molecular weight is 203 g/mol. The molecule has 1 aliphatic rings. The van der Waals surface area contributed by atoms with Gasteiger partial charge in [0.15, 0.2) is 0 Å². The molecule has 1 heterocycles. The first-order chi connectivity index (χ1) is 7.35. The van der Waals surface area contributed by atoms with Crippen molar-refractivity contribution in [1.82, 2.24) is 4.98 Å². The molecule has 0 aromatic carbocycles. The zero-order chi connectivity index (χ0) is 10.6. The molecule has 15 heavy (non-hydrogen) atoms. The Morgan fingerprint density at radius 3 is 2.47 bits per heavy atom. The Bertz CT molecular complexity index is 315. The van der Waals surface area contributed by atoms with Crippen LogP contribution in [0.3, 0.4) is 0 Å². The monoisotopic (exact) mass is 203 g/mol. The highest BCUT2D eigenvalue weighted by Gasteiger charge is 2.31. The SMILES string of the molecule is O=CC1(Cc2ccncc2)CCCCC1. The van der Waals surface area contributed by atoms with Gasteiger partial charge in [-0.3, -0.25) is 4.98 Å². The Hall–Kier alpha value is -1.18. The molecule has 0 atom stereocenters. The Morgan fingerprint density at radius 2 is 1.87 bits per heavy atom. The van der Waals surface area contributed by atoms with Gasteiger partial charge in [-0.05, 0) is 37.0 Å². The van der Waals surface area contributed by atoms with Gasteiger partial charge in [-0.25, -0.2) is 0 Å². The summed E-state index contributed by atoms with van der Waals surface area (Å²) in [5.41, 5.74) is 1.15. The number of carbonyl (C=O) groups is 1. The lowest BCUT2D eigenvalue weighted by molar-refractivity contribution is -0.117. The molecule has 1 aliphatic carbocycles. The van der Waals surface area contributed by atoms with E-state index in [-0.39, 0.29) is 5.41 Å². The van der Waals surface area contributed by atoms with Gasteiger partial charge in [0.1, 0.15) is 6.29 Å². The van der Waals surface area contributed by atoms with Crippen molar-refractivity contribution < 1.29 is 4.79 Å². The fraction of sp³-hybridized carbons (Fsp3) is 0.538. The molecular weight excluding hydrogens is 186 g/mol. The lowest BCUT2D eigenvalue weighted by Gasteiger charge is -2.32. The Balaban J connectivity index is 2.10. The second kappa shape index (κ2) is 4.56. The maximum atomic E-state index is 11.3. The molecule has 0 unspecified atom stereocenters. The van der Waals surface area contributed by atoms with E-state index in [1.54, 1.807) is 12.4 Å². The molecule has 0 aliphatic heterocycles. The fourth-order valence-electron chi connectivity index (χ4n) is 2.50. The van der Waals surface area contributed by atoms with Crippen molar-refractivity contribution in [3.8, 4) is 0 Å². The molecule has 0 amide bonds. The molecule has 1 fully saturated rings. The van der Waals surface area contributed by atoms with Gasteiger partial charge in [0.2, 0.25) is 0 Å². The van der Waals surface area contributed by atoms with E-state index in [1.807, 2.05) is 12.1 Å². The number of rotatable bonds is 3. The summed E-state index contributed by atoms with van der Waals surface area (Å²) in [5, 5.41) is 0. The van der Waals surface area contributed by atoms with Crippen LogP contribution in [-0.2, 0) is 11.2 Å². The highest BCUT2D eigenvalue weighted by atomic mass is 16.1. The van der Waals surface area contributed by atoms with Crippen LogP contribution < -0.4 is 0 Å². The van der Waals surface area contributed by atoms with Crippen molar-refractivity contribution in [3.05, 3.63) is 30.1 Å². The molecule has 1 aromatic heterocycles. The van der Waals surface area contributed by atoms with E-state index in [9.17, 15) is 4.79 Å². The second-order valence-corrected chi connectivity index (χ2v) is 4.57. The highest BCUT2D eigenvalue weighted by Crippen LogP contribution is 2.37. The molecular formula is C13H17NO. The summed E-state index contributed by atoms with van der Waals surface area (Å²) in [6, 6.07) is 4.03. The van der Waals surface area contributed by atoms with Crippen LogP contribution in [0.5, 0.6) is 0 Å². The van der Waals surface area contributed by atoms with Crippen LogP contribution in [0, 0.1) is 5.41 Å². The normalized spacial score (nSPS) is 19.7. The second-order valence-electron chi connectivity index (χ2n) is 4.57. The predicted octanol–water partition coefficient (Wildman–Crippen LogP) is 2.77. The zero-order valence-electron chi connectivity index (χ0n) is 8.98. The molecule has 1 saturated carbocycles. The Morgan fingerprint density at radius 1 is 1.20 bits per heavy atom. The molecule has 2 heteroatoms. The first-order valence-corrected chi connectivity index (χ1v) is 5.70. The van der Waals surface area contributed by atoms with Crippen LogP contribution >= 0.6 is 0 Å². The van der Waals surface area contributed by atoms with E-state index >= 15 is 0 Å². The molecule has 2 nitrogen and oxygen atoms in total. The maximum absolute atomic E-state index is 11.3. The van der Waals surface area contributed by atoms with Crippen molar-refractivity contribution in [2.45, 2.75) is 38.5 Å². The van der Waals surface area contributed by atoms with Gasteiger partial charge in [0, 0.05) is 17.8 Å². The van der Waals surface area contributed by atoms with Crippen LogP contribution in [0.15, 0.2) is 24.5 Å². The number of aromatic nitrogens is 1. The summed E-state index contributed by atoms with van der Waals surface area (Å²) in [5.74, 6) is 0. The summed E-state index contributed by atoms with van der Waals surface area (Å²) >= 11 is 0. The lowest BCUT2D eigenvalue weighted by Crippen LogP contribution is -2.28. The largest absolute Gasteiger partial charge is 0.303 e. The maximum Gasteiger partial charge on any atom is 0.126 e. The summed E-state index contributed by atoms with van der Waals surface area (Å²) in [7, 11) is 0. The average Bonchev–Trinajstić information content (AvgIpc) is 2.32. The molecule has 1 aromatic rings. The van der Waals surface area contributed by atoms with Gasteiger partial charge in [-0.15, -0.1) is 0 Å². The van der Waals surface area contributed by atoms with Crippen LogP contribution in [-0.4, -0.2) is 11.3 Å². The van der Waals surface area contributed by atoms with Gasteiger partial charge in [0.05, 0.1) is 0 Å². The summed E-state index contributed by atoms with van der Waals surface area (Å²) in [6.07, 6.45) is 11.5. The van der Waals surface area contributed by atoms with Crippen molar-refractivity contribution in [2.75, 3.05) is 0 Å². The molecule has 0 bridgehead atoms. The number of aldehydes is 1. The standard InChI is InChI=1S/C13H17NO/c15-11-13(6-2-1-3-7-13)10-12-4-8-14-9-5-12/h4-5,8-9,11H,1-3,6-7,10H2. The van der Waals surface area contributed by atoms with Crippen LogP contribution in [0.25, 0.3) is 0 Å². The summed E-state index contributed by atoms with van der Waals surface area (Å²) < 4.78 is 0. The first kappa shape index (κ1) is 10.3. The fourth-order valence-corrected chi connectivity index (χ4v) is 2.50. The van der Waals surface area contributed by atoms with Crippen molar-refractivity contribution in [2.24, 2.45) is 5.41 Å². The number of hydrogen-bond donors (Lipinski definition) is 0. The lowest BCUT2D eigenvalue weighted by atomic mass is 9.71. The molecule has 2 rings (SSSR count). The van der Waals surface area contributed by atoms with E-state index in [0.29, 0.717) is 0 Å². The number of hydrogen-bond acceptors (Lipinski definition) is 2. The quantitative estimate of drug-likeness (QED) is 0.707. The minimum absolute atomic E-state index is 0.0837. The third-order valence-corrected chi connectivity index (χ3v) is 3.40. The molecule has 0 saturated heterocycles. The number of carbonyl (C=O) groups excluding carboxylic acids is 1. The predicted molar refractivity (Wildman–Crippen MR) is 59.5 cm³/mol. The minimum Gasteiger partial charge on any atom is -0.303 e. The number of pyridine rings is 1. The Labute approximate surface area is 90.7 Å². The van der Waals surface area contributed by atoms with E-state index in [4.69, 9.17) is 0 Å². The molecule has 0 spiro atoms. The van der Waals surface area contributed by atoms with Crippen LogP contribution in [0.4, 0.5) is 0 Å². The van der Waals surface area contributed by atoms with Gasteiger partial charge >= 0.3 is 0 Å². The van der Waals surface area contributed by atoms with Crippen LogP contribution in [0.1, 0.15) is 37.7 Å². The van der Waals surface area contributed by atoms with Crippen LogP contribution in [0.2, 0.25) is 0 Å². The smallest absolute Gasteiger partial charge is 0.126 e. The van der Waals surface area contributed by atoms with Gasteiger partial charge in [-0.1, -0.05) is 19.3 Å². The van der Waals surface area contributed by atoms with E-state index in [0.717, 1.165) is 19.3 Å². The Kier molecular flexibility index (Phi) is 3.14. The van der Waals surface area contributed by atoms with E-state index < -0.39 is 0 Å². The van der Waals surface area contributed by atoms with Gasteiger partial charge in [-0.2, -0.15) is 0 Å². The van der Waals surface area contributed by atoms with Gasteiger partial charge < -0.3 is 4.79 Å². The van der Waals surface area contributed by atoms with Crippen molar-refractivity contribution >= 4 is 6.29 Å². The zero-order valence-corrected chi connectivity index (χ0v) is 8.98. The topological polar surface area (TPSA) is 30.0 Å².